The maximum Gasteiger partial charge on any atom is 0.326 e. The van der Waals surface area contributed by atoms with Gasteiger partial charge >= 0.3 is 5.97 Å². The SMILES string of the molecule is CC(C)C[C@H](NC(=O)[C@@H](NC(=O)[C@H](CCCCN)NC(=O)[C@H](CCCCN)NC(=O)CN)C(C)C)C(=O)N[C@@H](CCC(N)=O)C(=O)O. The highest BCUT2D eigenvalue weighted by Gasteiger charge is 2.33. The Labute approximate surface area is 276 Å². The van der Waals surface area contributed by atoms with Crippen LogP contribution in [0.3, 0.4) is 0 Å². The lowest BCUT2D eigenvalue weighted by Gasteiger charge is -2.29. The highest BCUT2D eigenvalue weighted by molar-refractivity contribution is 5.96. The molecule has 0 aliphatic rings. The van der Waals surface area contributed by atoms with Gasteiger partial charge in [-0.2, -0.15) is 0 Å². The molecular weight excluding hydrogens is 614 g/mol. The number of nitrogens with one attached hydrogen (secondary N) is 5. The van der Waals surface area contributed by atoms with Crippen LogP contribution in [0.4, 0.5) is 0 Å². The van der Waals surface area contributed by atoms with Crippen LogP contribution < -0.4 is 49.5 Å². The third-order valence-electron chi connectivity index (χ3n) is 7.24. The van der Waals surface area contributed by atoms with Crippen molar-refractivity contribution in [3.63, 3.8) is 0 Å². The summed E-state index contributed by atoms with van der Waals surface area (Å²) in [6, 6.07) is -5.74. The van der Waals surface area contributed by atoms with Crippen LogP contribution >= 0.6 is 0 Å². The number of amides is 6. The molecular formula is C30H57N9O8. The first-order chi connectivity index (χ1) is 22.1. The topological polar surface area (TPSA) is 304 Å². The van der Waals surface area contributed by atoms with Crippen LogP contribution in [0.1, 0.15) is 85.5 Å². The Hall–Kier alpha value is -3.83. The van der Waals surface area contributed by atoms with E-state index in [1.54, 1.807) is 13.8 Å². The second-order valence-electron chi connectivity index (χ2n) is 12.3. The molecule has 0 spiro atoms. The first kappa shape index (κ1) is 43.2. The summed E-state index contributed by atoms with van der Waals surface area (Å²) < 4.78 is 0. The highest BCUT2D eigenvalue weighted by Crippen LogP contribution is 2.11. The Morgan fingerprint density at radius 1 is 0.596 bits per heavy atom. The van der Waals surface area contributed by atoms with Crippen molar-refractivity contribution in [1.29, 1.82) is 0 Å². The van der Waals surface area contributed by atoms with Crippen molar-refractivity contribution >= 4 is 41.4 Å². The number of carboxylic acids is 1. The minimum absolute atomic E-state index is 0.0910. The van der Waals surface area contributed by atoms with Crippen LogP contribution in [0.25, 0.3) is 0 Å². The third kappa shape index (κ3) is 18.2. The van der Waals surface area contributed by atoms with E-state index in [0.29, 0.717) is 38.8 Å². The second kappa shape index (κ2) is 23.5. The first-order valence-corrected chi connectivity index (χ1v) is 16.2. The fraction of sp³-hybridized carbons (Fsp3) is 0.767. The smallest absolute Gasteiger partial charge is 0.326 e. The average Bonchev–Trinajstić information content (AvgIpc) is 2.99. The summed E-state index contributed by atoms with van der Waals surface area (Å²) in [4.78, 5) is 88.2. The lowest BCUT2D eigenvalue weighted by molar-refractivity contribution is -0.142. The van der Waals surface area contributed by atoms with E-state index in [2.05, 4.69) is 26.6 Å². The maximum absolute atomic E-state index is 13.6. The van der Waals surface area contributed by atoms with Gasteiger partial charge in [0.1, 0.15) is 30.2 Å². The van der Waals surface area contributed by atoms with Crippen LogP contribution in [0.2, 0.25) is 0 Å². The lowest BCUT2D eigenvalue weighted by atomic mass is 9.98. The summed E-state index contributed by atoms with van der Waals surface area (Å²) in [7, 11) is 0. The third-order valence-corrected chi connectivity index (χ3v) is 7.24. The van der Waals surface area contributed by atoms with Gasteiger partial charge in [-0.25, -0.2) is 4.79 Å². The molecule has 0 radical (unpaired) electrons. The van der Waals surface area contributed by atoms with Crippen molar-refractivity contribution in [2.24, 2.45) is 34.8 Å². The Bertz CT molecular complexity index is 1040. The van der Waals surface area contributed by atoms with Gasteiger partial charge in [-0.05, 0) is 76.3 Å². The van der Waals surface area contributed by atoms with E-state index in [1.165, 1.54) is 0 Å². The number of nitrogens with two attached hydrogens (primary N) is 4. The molecule has 0 heterocycles. The molecule has 14 N–H and O–H groups in total. The molecule has 0 aliphatic carbocycles. The molecule has 0 bridgehead atoms. The lowest BCUT2D eigenvalue weighted by Crippen LogP contribution is -2.60. The highest BCUT2D eigenvalue weighted by atomic mass is 16.4. The standard InChI is InChI=1S/C30H57N9O8/c1-17(2)15-22(28(44)37-21(30(46)47)11-12-23(34)40)38-29(45)25(18(3)4)39-27(43)20(10-6-8-14-32)36-26(42)19(9-5-7-13-31)35-24(41)16-33/h17-22,25H,5-16,31-33H2,1-4H3,(H2,34,40)(H,35,41)(H,36,42)(H,37,44)(H,38,45)(H,39,43)(H,46,47)/t19-,20-,21-,22-,25-/m0/s1. The number of aliphatic carboxylic acids is 1. The first-order valence-electron chi connectivity index (χ1n) is 16.2. The molecule has 47 heavy (non-hydrogen) atoms. The van der Waals surface area contributed by atoms with E-state index in [4.69, 9.17) is 22.9 Å². The molecule has 0 unspecified atom stereocenters. The van der Waals surface area contributed by atoms with Crippen molar-refractivity contribution < 1.29 is 38.7 Å². The van der Waals surface area contributed by atoms with E-state index >= 15 is 0 Å². The van der Waals surface area contributed by atoms with Gasteiger partial charge in [0.15, 0.2) is 0 Å². The summed E-state index contributed by atoms with van der Waals surface area (Å²) in [6.07, 6.45) is 2.33. The van der Waals surface area contributed by atoms with Crippen molar-refractivity contribution in [3.8, 4) is 0 Å². The van der Waals surface area contributed by atoms with Gasteiger partial charge in [-0.3, -0.25) is 28.8 Å². The van der Waals surface area contributed by atoms with Crippen molar-refractivity contribution in [1.82, 2.24) is 26.6 Å². The van der Waals surface area contributed by atoms with E-state index in [1.807, 2.05) is 13.8 Å². The Kier molecular flexibility index (Phi) is 21.6. The zero-order chi connectivity index (χ0) is 36.1. The van der Waals surface area contributed by atoms with Crippen LogP contribution in [0, 0.1) is 11.8 Å². The zero-order valence-corrected chi connectivity index (χ0v) is 28.1. The molecule has 0 aromatic rings. The fourth-order valence-corrected chi connectivity index (χ4v) is 4.62. The molecule has 5 atom stereocenters. The number of carboxylic acid groups (broad SMARTS) is 1. The summed E-state index contributed by atoms with van der Waals surface area (Å²) in [5.41, 5.74) is 21.7. The molecule has 17 nitrogen and oxygen atoms in total. The number of primary amides is 1. The van der Waals surface area contributed by atoms with Crippen molar-refractivity contribution in [2.75, 3.05) is 19.6 Å². The molecule has 0 aromatic carbocycles. The van der Waals surface area contributed by atoms with Crippen molar-refractivity contribution in [2.45, 2.75) is 116 Å². The largest absolute Gasteiger partial charge is 0.480 e. The molecule has 270 valence electrons. The summed E-state index contributed by atoms with van der Waals surface area (Å²) >= 11 is 0. The van der Waals surface area contributed by atoms with E-state index in [0.717, 1.165) is 0 Å². The average molecular weight is 672 g/mol. The minimum atomic E-state index is -1.41. The zero-order valence-electron chi connectivity index (χ0n) is 28.1. The molecule has 0 aliphatic heterocycles. The van der Waals surface area contributed by atoms with Crippen LogP contribution in [-0.2, 0) is 33.6 Å². The molecule has 0 aromatic heterocycles. The normalized spacial score (nSPS) is 14.3. The van der Waals surface area contributed by atoms with Crippen LogP contribution in [0.5, 0.6) is 0 Å². The molecule has 6 amide bonds. The second-order valence-corrected chi connectivity index (χ2v) is 12.3. The number of unbranched alkanes of at least 4 members (excludes halogenated alkanes) is 2. The maximum atomic E-state index is 13.6. The predicted octanol–water partition coefficient (Wildman–Crippen LogP) is -2.32. The number of rotatable bonds is 25. The summed E-state index contributed by atoms with van der Waals surface area (Å²) in [5, 5.41) is 22.4. The Morgan fingerprint density at radius 2 is 1.06 bits per heavy atom. The summed E-state index contributed by atoms with van der Waals surface area (Å²) in [6.45, 7) is 7.42. The van der Waals surface area contributed by atoms with Gasteiger partial charge in [0, 0.05) is 6.42 Å². The van der Waals surface area contributed by atoms with E-state index < -0.39 is 77.5 Å². The monoisotopic (exact) mass is 671 g/mol. The molecule has 0 fully saturated rings. The van der Waals surface area contributed by atoms with Crippen LogP contribution in [0.15, 0.2) is 0 Å². The molecule has 0 saturated heterocycles. The van der Waals surface area contributed by atoms with E-state index in [-0.39, 0.29) is 44.6 Å². The Morgan fingerprint density at radius 3 is 1.51 bits per heavy atom. The fourth-order valence-electron chi connectivity index (χ4n) is 4.62. The van der Waals surface area contributed by atoms with Gasteiger partial charge in [0.2, 0.25) is 35.4 Å². The number of carbonyl (C=O) groups is 7. The van der Waals surface area contributed by atoms with Gasteiger partial charge in [-0.1, -0.05) is 27.7 Å². The minimum Gasteiger partial charge on any atom is -0.480 e. The number of hydrogen-bond donors (Lipinski definition) is 10. The molecule has 0 rings (SSSR count). The van der Waals surface area contributed by atoms with Gasteiger partial charge in [0.05, 0.1) is 6.54 Å². The van der Waals surface area contributed by atoms with Crippen molar-refractivity contribution in [3.05, 3.63) is 0 Å². The number of carbonyl (C=O) groups excluding carboxylic acids is 6. The van der Waals surface area contributed by atoms with E-state index in [9.17, 15) is 38.7 Å². The predicted molar refractivity (Wildman–Crippen MR) is 175 cm³/mol. The summed E-state index contributed by atoms with van der Waals surface area (Å²) in [5.74, 6) is -5.91. The Balaban J connectivity index is 5.97. The molecule has 17 heteroatoms. The van der Waals surface area contributed by atoms with Gasteiger partial charge in [0.25, 0.3) is 0 Å². The van der Waals surface area contributed by atoms with Crippen LogP contribution in [-0.4, -0.2) is 96.4 Å². The van der Waals surface area contributed by atoms with Gasteiger partial charge in [-0.15, -0.1) is 0 Å². The number of hydrogen-bond acceptors (Lipinski definition) is 10. The molecule has 0 saturated carbocycles. The quantitative estimate of drug-likeness (QED) is 0.0459. The van der Waals surface area contributed by atoms with Gasteiger partial charge < -0.3 is 54.6 Å².